The number of hydrogen-bond acceptors (Lipinski definition) is 5. The van der Waals surface area contributed by atoms with E-state index in [1.165, 1.54) is 11.3 Å². The van der Waals surface area contributed by atoms with Crippen LogP contribution in [-0.2, 0) is 0 Å². The van der Waals surface area contributed by atoms with Crippen LogP contribution in [0.5, 0.6) is 5.75 Å². The first-order valence-electron chi connectivity index (χ1n) is 9.80. The fourth-order valence-corrected chi connectivity index (χ4v) is 3.74. The molecular weight excluding hydrogens is 398 g/mol. The van der Waals surface area contributed by atoms with Crippen molar-refractivity contribution in [2.75, 3.05) is 17.2 Å². The van der Waals surface area contributed by atoms with Crippen LogP contribution in [0.15, 0.2) is 48.5 Å². The van der Waals surface area contributed by atoms with Crippen molar-refractivity contribution in [3.63, 3.8) is 0 Å². The van der Waals surface area contributed by atoms with Gasteiger partial charge in [-0.1, -0.05) is 13.8 Å². The molecule has 0 saturated heterocycles. The predicted molar refractivity (Wildman–Crippen MR) is 121 cm³/mol. The topological polar surface area (TPSA) is 80.3 Å². The van der Waals surface area contributed by atoms with Crippen molar-refractivity contribution in [3.8, 4) is 5.75 Å². The van der Waals surface area contributed by atoms with E-state index >= 15 is 0 Å². The fourth-order valence-electron chi connectivity index (χ4n) is 2.77. The Morgan fingerprint density at radius 3 is 2.07 bits per heavy atom. The lowest BCUT2D eigenvalue weighted by atomic mass is 10.2. The Labute approximate surface area is 180 Å². The lowest BCUT2D eigenvalue weighted by Gasteiger charge is -2.08. The molecule has 2 aromatic carbocycles. The Balaban J connectivity index is 1.62. The SMILES string of the molecule is CCOc1ccc(NC(=O)c2ccc(NC(=O)c3sc(C(C)C)nc3C)cc2)cc1. The second-order valence-corrected chi connectivity index (χ2v) is 8.09. The summed E-state index contributed by atoms with van der Waals surface area (Å²) in [6.07, 6.45) is 0. The molecule has 3 aromatic rings. The molecule has 0 unspecified atom stereocenters. The van der Waals surface area contributed by atoms with Gasteiger partial charge in [0.2, 0.25) is 0 Å². The molecule has 0 aliphatic rings. The van der Waals surface area contributed by atoms with E-state index in [1.807, 2.05) is 26.0 Å². The Morgan fingerprint density at radius 1 is 0.967 bits per heavy atom. The smallest absolute Gasteiger partial charge is 0.267 e. The lowest BCUT2D eigenvalue weighted by Crippen LogP contribution is -2.13. The highest BCUT2D eigenvalue weighted by Gasteiger charge is 2.17. The number of carbonyl (C=O) groups is 2. The summed E-state index contributed by atoms with van der Waals surface area (Å²) in [6.45, 7) is 8.46. The van der Waals surface area contributed by atoms with Gasteiger partial charge in [-0.2, -0.15) is 0 Å². The zero-order valence-corrected chi connectivity index (χ0v) is 18.3. The number of anilines is 2. The van der Waals surface area contributed by atoms with Gasteiger partial charge in [0.15, 0.2) is 0 Å². The van der Waals surface area contributed by atoms with E-state index in [9.17, 15) is 9.59 Å². The van der Waals surface area contributed by atoms with Crippen molar-refractivity contribution in [3.05, 3.63) is 69.7 Å². The number of hydrogen-bond donors (Lipinski definition) is 2. The maximum Gasteiger partial charge on any atom is 0.267 e. The molecule has 0 atom stereocenters. The molecule has 0 aliphatic carbocycles. The predicted octanol–water partition coefficient (Wildman–Crippen LogP) is 5.48. The van der Waals surface area contributed by atoms with Gasteiger partial charge >= 0.3 is 0 Å². The van der Waals surface area contributed by atoms with Gasteiger partial charge in [-0.3, -0.25) is 9.59 Å². The van der Waals surface area contributed by atoms with Crippen molar-refractivity contribution in [2.45, 2.75) is 33.6 Å². The van der Waals surface area contributed by atoms with Gasteiger partial charge in [0.25, 0.3) is 11.8 Å². The van der Waals surface area contributed by atoms with Gasteiger partial charge in [-0.05, 0) is 62.4 Å². The average molecular weight is 424 g/mol. The molecule has 2 amide bonds. The van der Waals surface area contributed by atoms with E-state index in [0.29, 0.717) is 28.4 Å². The minimum atomic E-state index is -0.225. The first-order chi connectivity index (χ1) is 14.4. The van der Waals surface area contributed by atoms with Gasteiger partial charge in [0, 0.05) is 22.9 Å². The minimum absolute atomic E-state index is 0.191. The molecule has 7 heteroatoms. The second-order valence-electron chi connectivity index (χ2n) is 7.06. The number of amides is 2. The summed E-state index contributed by atoms with van der Waals surface area (Å²) in [5, 5.41) is 6.66. The maximum atomic E-state index is 12.6. The molecule has 0 spiro atoms. The van der Waals surface area contributed by atoms with E-state index < -0.39 is 0 Å². The number of aromatic nitrogens is 1. The Bertz CT molecular complexity index is 1020. The molecule has 0 aliphatic heterocycles. The number of benzene rings is 2. The van der Waals surface area contributed by atoms with Gasteiger partial charge < -0.3 is 15.4 Å². The third kappa shape index (κ3) is 5.24. The van der Waals surface area contributed by atoms with E-state index in [1.54, 1.807) is 36.4 Å². The second kappa shape index (κ2) is 9.54. The van der Waals surface area contributed by atoms with Crippen LogP contribution in [0.3, 0.4) is 0 Å². The van der Waals surface area contributed by atoms with Crippen LogP contribution in [-0.4, -0.2) is 23.4 Å². The van der Waals surface area contributed by atoms with Gasteiger partial charge in [0.1, 0.15) is 10.6 Å². The van der Waals surface area contributed by atoms with E-state index in [0.717, 1.165) is 16.5 Å². The molecule has 0 radical (unpaired) electrons. The van der Waals surface area contributed by atoms with Crippen molar-refractivity contribution < 1.29 is 14.3 Å². The van der Waals surface area contributed by atoms with E-state index in [2.05, 4.69) is 29.5 Å². The third-order valence-electron chi connectivity index (χ3n) is 4.34. The molecule has 3 rings (SSSR count). The number of rotatable bonds is 7. The number of aryl methyl sites for hydroxylation is 1. The molecule has 30 heavy (non-hydrogen) atoms. The highest BCUT2D eigenvalue weighted by Crippen LogP contribution is 2.25. The number of nitrogens with one attached hydrogen (secondary N) is 2. The highest BCUT2D eigenvalue weighted by atomic mass is 32.1. The standard InChI is InChI=1S/C23H25N3O3S/c1-5-29-19-12-10-18(11-13-19)25-21(27)16-6-8-17(9-7-16)26-22(28)20-15(4)24-23(30-20)14(2)3/h6-14H,5H2,1-4H3,(H,25,27)(H,26,28). The summed E-state index contributed by atoms with van der Waals surface area (Å²) >= 11 is 1.41. The number of carbonyl (C=O) groups excluding carboxylic acids is 2. The van der Waals surface area contributed by atoms with E-state index in [-0.39, 0.29) is 17.7 Å². The average Bonchev–Trinajstić information content (AvgIpc) is 3.12. The minimum Gasteiger partial charge on any atom is -0.494 e. The first kappa shape index (κ1) is 21.5. The van der Waals surface area contributed by atoms with Crippen LogP contribution in [0.1, 0.15) is 57.4 Å². The summed E-state index contributed by atoms with van der Waals surface area (Å²) in [6, 6.07) is 14.0. The van der Waals surface area contributed by atoms with Gasteiger partial charge in [-0.25, -0.2) is 4.98 Å². The van der Waals surface area contributed by atoms with Gasteiger partial charge in [-0.15, -0.1) is 11.3 Å². The lowest BCUT2D eigenvalue weighted by molar-refractivity contribution is 0.102. The zero-order valence-electron chi connectivity index (χ0n) is 17.5. The quantitative estimate of drug-likeness (QED) is 0.527. The summed E-state index contributed by atoms with van der Waals surface area (Å²) in [7, 11) is 0. The summed E-state index contributed by atoms with van der Waals surface area (Å²) < 4.78 is 5.40. The molecule has 6 nitrogen and oxygen atoms in total. The third-order valence-corrected chi connectivity index (χ3v) is 5.80. The van der Waals surface area contributed by atoms with Crippen molar-refractivity contribution in [1.82, 2.24) is 4.98 Å². The zero-order chi connectivity index (χ0) is 21.7. The fraction of sp³-hybridized carbons (Fsp3) is 0.261. The van der Waals surface area contributed by atoms with Crippen molar-refractivity contribution in [1.29, 1.82) is 0 Å². The summed E-state index contributed by atoms with van der Waals surface area (Å²) in [5.74, 6) is 0.621. The largest absolute Gasteiger partial charge is 0.494 e. The van der Waals surface area contributed by atoms with Crippen LogP contribution in [0.2, 0.25) is 0 Å². The van der Waals surface area contributed by atoms with Crippen LogP contribution >= 0.6 is 11.3 Å². The van der Waals surface area contributed by atoms with E-state index in [4.69, 9.17) is 4.74 Å². The molecule has 1 aromatic heterocycles. The highest BCUT2D eigenvalue weighted by molar-refractivity contribution is 7.14. The molecule has 0 bridgehead atoms. The van der Waals surface area contributed by atoms with Crippen LogP contribution in [0.4, 0.5) is 11.4 Å². The normalized spacial score (nSPS) is 10.7. The Hall–Kier alpha value is -3.19. The molecule has 156 valence electrons. The number of thiazole rings is 1. The van der Waals surface area contributed by atoms with Crippen molar-refractivity contribution >= 4 is 34.5 Å². The van der Waals surface area contributed by atoms with Gasteiger partial charge in [0.05, 0.1) is 17.3 Å². The van der Waals surface area contributed by atoms with Crippen LogP contribution in [0, 0.1) is 6.92 Å². The molecule has 0 saturated carbocycles. The number of nitrogens with zero attached hydrogens (tertiary/aromatic N) is 1. The molecule has 1 heterocycles. The molecule has 0 fully saturated rings. The Kier molecular flexibility index (Phi) is 6.84. The van der Waals surface area contributed by atoms with Crippen molar-refractivity contribution in [2.24, 2.45) is 0 Å². The summed E-state index contributed by atoms with van der Waals surface area (Å²) in [4.78, 5) is 30.1. The maximum absolute atomic E-state index is 12.6. The first-order valence-corrected chi connectivity index (χ1v) is 10.6. The summed E-state index contributed by atoms with van der Waals surface area (Å²) in [5.41, 5.74) is 2.53. The molecule has 2 N–H and O–H groups in total. The van der Waals surface area contributed by atoms with Crippen LogP contribution in [0.25, 0.3) is 0 Å². The number of ether oxygens (including phenoxy) is 1. The monoisotopic (exact) mass is 423 g/mol. The Morgan fingerprint density at radius 2 is 1.53 bits per heavy atom. The van der Waals surface area contributed by atoms with Crippen LogP contribution < -0.4 is 15.4 Å². The molecular formula is C23H25N3O3S.